The van der Waals surface area contributed by atoms with Crippen LogP contribution < -0.4 is 11.5 Å². The number of nitrogens with zero attached hydrogens (tertiary/aromatic N) is 1. The van der Waals surface area contributed by atoms with Crippen LogP contribution in [0, 0.1) is 11.8 Å². The van der Waals surface area contributed by atoms with Crippen molar-refractivity contribution in [2.75, 3.05) is 46.1 Å². The van der Waals surface area contributed by atoms with E-state index in [9.17, 15) is 4.79 Å². The molecule has 1 aliphatic heterocycles. The van der Waals surface area contributed by atoms with Gasteiger partial charge in [0, 0.05) is 44.7 Å². The molecular formula is C45H83N3O3. The Kier molecular flexibility index (Phi) is 34.0. The molecule has 0 aromatic carbocycles. The molecule has 6 nitrogen and oxygen atoms in total. The van der Waals surface area contributed by atoms with Crippen LogP contribution in [-0.4, -0.2) is 62.9 Å². The van der Waals surface area contributed by atoms with Crippen molar-refractivity contribution in [3.63, 3.8) is 0 Å². The fourth-order valence-electron chi connectivity index (χ4n) is 6.69. The van der Waals surface area contributed by atoms with Crippen LogP contribution in [0.15, 0.2) is 48.6 Å². The van der Waals surface area contributed by atoms with E-state index in [2.05, 4.69) is 62.5 Å². The summed E-state index contributed by atoms with van der Waals surface area (Å²) in [6, 6.07) is -0.622. The van der Waals surface area contributed by atoms with Crippen LogP contribution in [0.1, 0.15) is 168 Å². The highest BCUT2D eigenvalue weighted by Crippen LogP contribution is 2.25. The zero-order chi connectivity index (χ0) is 36.9. The predicted molar refractivity (Wildman–Crippen MR) is 221 cm³/mol. The van der Waals surface area contributed by atoms with E-state index in [4.69, 9.17) is 20.9 Å². The number of likely N-dealkylation sites (tertiary alicyclic amines) is 1. The minimum Gasteiger partial charge on any atom is -0.381 e. The first kappa shape index (κ1) is 47.3. The van der Waals surface area contributed by atoms with Gasteiger partial charge < -0.3 is 25.8 Å². The molecule has 4 N–H and O–H groups in total. The number of rotatable bonds is 36. The molecule has 1 heterocycles. The van der Waals surface area contributed by atoms with E-state index >= 15 is 0 Å². The van der Waals surface area contributed by atoms with E-state index < -0.39 is 6.04 Å². The van der Waals surface area contributed by atoms with Gasteiger partial charge in [0.2, 0.25) is 5.91 Å². The van der Waals surface area contributed by atoms with Crippen LogP contribution in [-0.2, 0) is 14.3 Å². The van der Waals surface area contributed by atoms with Gasteiger partial charge in [-0.2, -0.15) is 0 Å². The van der Waals surface area contributed by atoms with Crippen LogP contribution in [0.2, 0.25) is 0 Å². The lowest BCUT2D eigenvalue weighted by atomic mass is 9.98. The Hall–Kier alpha value is -1.73. The van der Waals surface area contributed by atoms with Gasteiger partial charge in [-0.3, -0.25) is 4.79 Å². The van der Waals surface area contributed by atoms with Gasteiger partial charge in [-0.05, 0) is 77.0 Å². The third-order valence-electron chi connectivity index (χ3n) is 10.1. The summed E-state index contributed by atoms with van der Waals surface area (Å²) in [7, 11) is 0. The number of hydrogen-bond acceptors (Lipinski definition) is 5. The first-order chi connectivity index (χ1) is 25.1. The summed E-state index contributed by atoms with van der Waals surface area (Å²) in [5, 5.41) is 0. The van der Waals surface area contributed by atoms with Crippen LogP contribution in [0.5, 0.6) is 0 Å². The Morgan fingerprint density at radius 3 is 1.29 bits per heavy atom. The fraction of sp³-hybridized carbons (Fsp3) is 0.800. The zero-order valence-corrected chi connectivity index (χ0v) is 33.6. The van der Waals surface area contributed by atoms with Crippen molar-refractivity contribution in [3.8, 4) is 0 Å². The van der Waals surface area contributed by atoms with E-state index in [0.717, 1.165) is 38.9 Å². The lowest BCUT2D eigenvalue weighted by molar-refractivity contribution is -0.131. The van der Waals surface area contributed by atoms with Gasteiger partial charge in [0.05, 0.1) is 19.3 Å². The van der Waals surface area contributed by atoms with Gasteiger partial charge in [-0.15, -0.1) is 0 Å². The van der Waals surface area contributed by atoms with E-state index in [1.807, 2.05) is 4.90 Å². The largest absolute Gasteiger partial charge is 0.381 e. The van der Waals surface area contributed by atoms with Gasteiger partial charge in [0.1, 0.15) is 0 Å². The highest BCUT2D eigenvalue weighted by atomic mass is 16.5. The average Bonchev–Trinajstić information content (AvgIpc) is 3.55. The number of carbonyl (C=O) groups excluding carboxylic acids is 1. The van der Waals surface area contributed by atoms with Crippen molar-refractivity contribution in [2.45, 2.75) is 174 Å². The number of ether oxygens (including phenoxy) is 2. The van der Waals surface area contributed by atoms with Crippen molar-refractivity contribution in [1.82, 2.24) is 4.90 Å². The fourth-order valence-corrected chi connectivity index (χ4v) is 6.69. The van der Waals surface area contributed by atoms with Crippen molar-refractivity contribution >= 4 is 5.91 Å². The molecule has 1 rings (SSSR count). The van der Waals surface area contributed by atoms with Crippen molar-refractivity contribution in [3.05, 3.63) is 48.6 Å². The standard InChI is InChI=1S/C45H83N3O3/c1-3-5-7-9-11-13-15-17-19-21-23-25-27-29-31-33-35-50-40-42-38-48(45(49)44(47)37-46)39-43(42)41-51-36-34-32-30-28-26-24-22-20-18-16-14-12-10-8-6-4-2/h11-14,17-20,42-44H,3-10,15-16,21-41,46-47H2,1-2H3/b13-11-,14-12-,19-17-,20-18-/t42-,43-,44-/m0/s1. The average molecular weight is 714 g/mol. The predicted octanol–water partition coefficient (Wildman–Crippen LogP) is 11.0. The number of hydrogen-bond donors (Lipinski definition) is 2. The molecule has 0 aromatic rings. The zero-order valence-electron chi connectivity index (χ0n) is 33.6. The summed E-state index contributed by atoms with van der Waals surface area (Å²) in [6.45, 7) is 9.02. The molecular weight excluding hydrogens is 631 g/mol. The van der Waals surface area contributed by atoms with Crippen molar-refractivity contribution in [2.24, 2.45) is 23.3 Å². The summed E-state index contributed by atoms with van der Waals surface area (Å²) in [5.74, 6) is 0.541. The number of allylic oxidation sites excluding steroid dienone is 8. The summed E-state index contributed by atoms with van der Waals surface area (Å²) in [5.41, 5.74) is 11.7. The maximum absolute atomic E-state index is 12.8. The Morgan fingerprint density at radius 2 is 0.922 bits per heavy atom. The van der Waals surface area contributed by atoms with Crippen LogP contribution in [0.3, 0.4) is 0 Å². The lowest BCUT2D eigenvalue weighted by Crippen LogP contribution is -2.47. The van der Waals surface area contributed by atoms with Gasteiger partial charge in [0.15, 0.2) is 0 Å². The first-order valence-corrected chi connectivity index (χ1v) is 21.6. The van der Waals surface area contributed by atoms with Gasteiger partial charge >= 0.3 is 0 Å². The number of carbonyl (C=O) groups is 1. The van der Waals surface area contributed by atoms with E-state index in [0.29, 0.717) is 38.1 Å². The van der Waals surface area contributed by atoms with Gasteiger partial charge in [-0.1, -0.05) is 140 Å². The summed E-state index contributed by atoms with van der Waals surface area (Å²) in [4.78, 5) is 14.7. The molecule has 0 bridgehead atoms. The second-order valence-electron chi connectivity index (χ2n) is 14.9. The Bertz CT molecular complexity index is 826. The Labute approximate surface area is 316 Å². The monoisotopic (exact) mass is 714 g/mol. The number of amides is 1. The second kappa shape index (κ2) is 36.6. The third kappa shape index (κ3) is 28.4. The van der Waals surface area contributed by atoms with Crippen molar-refractivity contribution < 1.29 is 14.3 Å². The van der Waals surface area contributed by atoms with E-state index in [-0.39, 0.29) is 12.5 Å². The van der Waals surface area contributed by atoms with Crippen LogP contribution in [0.4, 0.5) is 0 Å². The minimum absolute atomic E-state index is 0.0414. The Balaban J connectivity index is 2.12. The van der Waals surface area contributed by atoms with Crippen LogP contribution in [0.25, 0.3) is 0 Å². The highest BCUT2D eigenvalue weighted by molar-refractivity contribution is 5.82. The molecule has 1 saturated heterocycles. The molecule has 1 aliphatic rings. The highest BCUT2D eigenvalue weighted by Gasteiger charge is 2.36. The lowest BCUT2D eigenvalue weighted by Gasteiger charge is -2.20. The quantitative estimate of drug-likeness (QED) is 0.0498. The van der Waals surface area contributed by atoms with Gasteiger partial charge in [0.25, 0.3) is 0 Å². The molecule has 296 valence electrons. The summed E-state index contributed by atoms with van der Waals surface area (Å²) in [6.07, 6.45) is 48.6. The number of nitrogens with two attached hydrogens (primary N) is 2. The molecule has 51 heavy (non-hydrogen) atoms. The Morgan fingerprint density at radius 1 is 0.569 bits per heavy atom. The molecule has 0 spiro atoms. The number of unbranched alkanes of at least 4 members (excludes halogenated alkanes) is 18. The molecule has 6 heteroatoms. The minimum atomic E-state index is -0.622. The smallest absolute Gasteiger partial charge is 0.240 e. The normalized spacial score (nSPS) is 17.4. The summed E-state index contributed by atoms with van der Waals surface area (Å²) < 4.78 is 12.3. The molecule has 3 atom stereocenters. The molecule has 1 amide bonds. The molecule has 0 saturated carbocycles. The van der Waals surface area contributed by atoms with E-state index in [1.165, 1.54) is 128 Å². The summed E-state index contributed by atoms with van der Waals surface area (Å²) >= 11 is 0. The van der Waals surface area contributed by atoms with Crippen molar-refractivity contribution in [1.29, 1.82) is 0 Å². The molecule has 1 fully saturated rings. The SMILES string of the molecule is CCCCC/C=C\C/C=C\CCCCCCCCOC[C@@H]1CN(C(=O)[C@@H](N)CN)C[C@H]1COCCCCCCCC/C=C\C/C=C\CCCCC. The van der Waals surface area contributed by atoms with Crippen LogP contribution >= 0.6 is 0 Å². The third-order valence-corrected chi connectivity index (χ3v) is 10.1. The molecule has 0 aliphatic carbocycles. The van der Waals surface area contributed by atoms with Gasteiger partial charge in [-0.25, -0.2) is 0 Å². The molecule has 0 unspecified atom stereocenters. The first-order valence-electron chi connectivity index (χ1n) is 21.6. The second-order valence-corrected chi connectivity index (χ2v) is 14.9. The maximum atomic E-state index is 12.8. The molecule has 0 aromatic heterocycles. The molecule has 0 radical (unpaired) electrons. The van der Waals surface area contributed by atoms with E-state index in [1.54, 1.807) is 0 Å². The maximum Gasteiger partial charge on any atom is 0.240 e. The topological polar surface area (TPSA) is 90.8 Å².